The van der Waals surface area contributed by atoms with E-state index in [1.54, 1.807) is 14.2 Å². The van der Waals surface area contributed by atoms with E-state index >= 15 is 0 Å². The summed E-state index contributed by atoms with van der Waals surface area (Å²) in [5, 5.41) is 3.28. The van der Waals surface area contributed by atoms with Crippen molar-refractivity contribution in [3.63, 3.8) is 0 Å². The monoisotopic (exact) mass is 183 g/mol. The summed E-state index contributed by atoms with van der Waals surface area (Å²) < 4.78 is 16.2. The summed E-state index contributed by atoms with van der Waals surface area (Å²) in [4.78, 5) is 0. The number of nitrogens with one attached hydrogen (secondary N) is 1. The zero-order valence-electron chi connectivity index (χ0n) is 7.95. The summed E-state index contributed by atoms with van der Waals surface area (Å²) in [7, 11) is 9.11. The van der Waals surface area contributed by atoms with E-state index in [1.807, 2.05) is 0 Å². The van der Waals surface area contributed by atoms with Gasteiger partial charge in [0.15, 0.2) is 0 Å². The molecule has 5 heteroatoms. The van der Waals surface area contributed by atoms with Crippen LogP contribution in [0.1, 0.15) is 0 Å². The number of fused-ring (bicyclic) bond motifs is 2. The lowest BCUT2D eigenvalue weighted by atomic mass is 9.91. The van der Waals surface area contributed by atoms with Gasteiger partial charge in [-0.1, -0.05) is 0 Å². The fourth-order valence-electron chi connectivity index (χ4n) is 2.34. The second-order valence-electron chi connectivity index (χ2n) is 3.64. The standard InChI is InChI=1S/C8H14BNO3/c1-11-4-8-3-10-5(6(8)12-2)7(9)13-8/h5-7,10H,3-4H2,1-2H3/t5-,6?,7+,8+/m0/s1. The molecule has 4 nitrogen and oxygen atoms in total. The fraction of sp³-hybridized carbons (Fsp3) is 1.00. The van der Waals surface area contributed by atoms with Gasteiger partial charge in [-0.25, -0.2) is 0 Å². The van der Waals surface area contributed by atoms with Gasteiger partial charge in [0.25, 0.3) is 0 Å². The summed E-state index contributed by atoms with van der Waals surface area (Å²) in [6.45, 7) is 1.26. The van der Waals surface area contributed by atoms with Crippen LogP contribution in [0.3, 0.4) is 0 Å². The SMILES string of the molecule is [B][C@@H]1O[C@@]2(COC)CN[C@H]1C2OC. The number of morpholine rings is 1. The number of hydrogen-bond donors (Lipinski definition) is 1. The molecule has 2 bridgehead atoms. The third-order valence-corrected chi connectivity index (χ3v) is 2.85. The molecule has 1 N–H and O–H groups in total. The van der Waals surface area contributed by atoms with Crippen molar-refractivity contribution in [3.8, 4) is 0 Å². The molecular formula is C8H14BNO3. The first-order valence-corrected chi connectivity index (χ1v) is 4.42. The second kappa shape index (κ2) is 3.24. The number of methoxy groups -OCH3 is 2. The van der Waals surface area contributed by atoms with Crippen LogP contribution in [0.4, 0.5) is 0 Å². The number of ether oxygens (including phenoxy) is 3. The minimum Gasteiger partial charge on any atom is -0.382 e. The molecule has 0 aromatic carbocycles. The van der Waals surface area contributed by atoms with Crippen LogP contribution in [-0.2, 0) is 14.2 Å². The molecule has 2 rings (SSSR count). The lowest BCUT2D eigenvalue weighted by Gasteiger charge is -2.30. The predicted octanol–water partition coefficient (Wildman–Crippen LogP) is -1.12. The summed E-state index contributed by atoms with van der Waals surface area (Å²) in [6, 6.07) is -0.186. The summed E-state index contributed by atoms with van der Waals surface area (Å²) in [6.07, 6.45) is 0.00227. The Morgan fingerprint density at radius 1 is 1.62 bits per heavy atom. The molecule has 2 fully saturated rings. The summed E-state index contributed by atoms with van der Waals surface area (Å²) >= 11 is 0. The molecule has 0 spiro atoms. The van der Waals surface area contributed by atoms with Crippen LogP contribution in [-0.4, -0.2) is 59.0 Å². The maximum absolute atomic E-state index is 5.78. The van der Waals surface area contributed by atoms with Crippen molar-refractivity contribution in [1.29, 1.82) is 0 Å². The molecule has 0 saturated carbocycles. The van der Waals surface area contributed by atoms with Crippen molar-refractivity contribution in [3.05, 3.63) is 0 Å². The Morgan fingerprint density at radius 2 is 2.38 bits per heavy atom. The van der Waals surface area contributed by atoms with E-state index in [0.717, 1.165) is 6.54 Å². The molecule has 2 heterocycles. The smallest absolute Gasteiger partial charge is 0.131 e. The van der Waals surface area contributed by atoms with Crippen LogP contribution in [0.15, 0.2) is 0 Å². The Kier molecular flexibility index (Phi) is 2.36. The largest absolute Gasteiger partial charge is 0.382 e. The van der Waals surface area contributed by atoms with Gasteiger partial charge in [0.1, 0.15) is 19.6 Å². The van der Waals surface area contributed by atoms with Crippen molar-refractivity contribution >= 4 is 7.85 Å². The predicted molar refractivity (Wildman–Crippen MR) is 47.8 cm³/mol. The molecule has 2 aliphatic rings. The van der Waals surface area contributed by atoms with Gasteiger partial charge in [-0.05, 0) is 0 Å². The molecule has 2 radical (unpaired) electrons. The van der Waals surface area contributed by atoms with Crippen LogP contribution in [0.5, 0.6) is 0 Å². The highest BCUT2D eigenvalue weighted by Crippen LogP contribution is 2.36. The third-order valence-electron chi connectivity index (χ3n) is 2.85. The number of hydrogen-bond acceptors (Lipinski definition) is 4. The zero-order chi connectivity index (χ0) is 9.47. The van der Waals surface area contributed by atoms with Crippen LogP contribution in [0.25, 0.3) is 0 Å². The van der Waals surface area contributed by atoms with Crippen molar-refractivity contribution in [2.24, 2.45) is 0 Å². The molecule has 1 unspecified atom stereocenters. The van der Waals surface area contributed by atoms with Crippen molar-refractivity contribution in [1.82, 2.24) is 5.32 Å². The first-order chi connectivity index (χ1) is 6.23. The summed E-state index contributed by atoms with van der Waals surface area (Å²) in [5.74, 6) is 0. The lowest BCUT2D eigenvalue weighted by Crippen LogP contribution is -2.48. The average molecular weight is 183 g/mol. The minimum atomic E-state index is -0.381. The Hall–Kier alpha value is -0.0951. The maximum Gasteiger partial charge on any atom is 0.131 e. The van der Waals surface area contributed by atoms with E-state index in [1.165, 1.54) is 0 Å². The number of rotatable bonds is 3. The first-order valence-electron chi connectivity index (χ1n) is 4.42. The van der Waals surface area contributed by atoms with Crippen molar-refractivity contribution in [2.45, 2.75) is 23.8 Å². The van der Waals surface area contributed by atoms with Gasteiger partial charge >= 0.3 is 0 Å². The molecule has 0 aliphatic carbocycles. The van der Waals surface area contributed by atoms with Crippen molar-refractivity contribution in [2.75, 3.05) is 27.4 Å². The van der Waals surface area contributed by atoms with Gasteiger partial charge in [0.2, 0.25) is 0 Å². The quantitative estimate of drug-likeness (QED) is 0.563. The van der Waals surface area contributed by atoms with Gasteiger partial charge in [-0.3, -0.25) is 0 Å². The van der Waals surface area contributed by atoms with E-state index in [4.69, 9.17) is 22.1 Å². The molecular weight excluding hydrogens is 169 g/mol. The highest BCUT2D eigenvalue weighted by atomic mass is 16.6. The molecule has 2 aliphatic heterocycles. The molecule has 0 aromatic heterocycles. The van der Waals surface area contributed by atoms with Gasteiger partial charge in [-0.15, -0.1) is 0 Å². The van der Waals surface area contributed by atoms with Gasteiger partial charge in [0.05, 0.1) is 12.6 Å². The average Bonchev–Trinajstić information content (AvgIpc) is 2.55. The van der Waals surface area contributed by atoms with Crippen LogP contribution in [0, 0.1) is 0 Å². The Morgan fingerprint density at radius 3 is 2.92 bits per heavy atom. The molecule has 0 amide bonds. The molecule has 13 heavy (non-hydrogen) atoms. The van der Waals surface area contributed by atoms with Gasteiger partial charge < -0.3 is 19.5 Å². The lowest BCUT2D eigenvalue weighted by molar-refractivity contribution is -0.107. The molecule has 0 aromatic rings. The Balaban J connectivity index is 2.17. The minimum absolute atomic E-state index is 0.00227. The van der Waals surface area contributed by atoms with Gasteiger partial charge in [-0.2, -0.15) is 0 Å². The fourth-order valence-corrected chi connectivity index (χ4v) is 2.34. The first kappa shape index (κ1) is 9.46. The highest BCUT2D eigenvalue weighted by molar-refractivity contribution is 6.12. The van der Waals surface area contributed by atoms with Crippen LogP contribution >= 0.6 is 0 Å². The normalized spacial score (nSPS) is 48.6. The molecule has 72 valence electrons. The van der Waals surface area contributed by atoms with Gasteiger partial charge in [0, 0.05) is 26.8 Å². The van der Waals surface area contributed by atoms with E-state index < -0.39 is 0 Å². The summed E-state index contributed by atoms with van der Waals surface area (Å²) in [5.41, 5.74) is -0.381. The maximum atomic E-state index is 5.78. The molecule has 2 saturated heterocycles. The zero-order valence-corrected chi connectivity index (χ0v) is 7.95. The van der Waals surface area contributed by atoms with E-state index in [-0.39, 0.29) is 23.8 Å². The van der Waals surface area contributed by atoms with E-state index in [9.17, 15) is 0 Å². The van der Waals surface area contributed by atoms with Crippen molar-refractivity contribution < 1.29 is 14.2 Å². The molecule has 4 atom stereocenters. The topological polar surface area (TPSA) is 39.7 Å². The van der Waals surface area contributed by atoms with Crippen LogP contribution in [0.2, 0.25) is 0 Å². The Labute approximate surface area is 79.3 Å². The highest BCUT2D eigenvalue weighted by Gasteiger charge is 2.58. The van der Waals surface area contributed by atoms with E-state index in [2.05, 4.69) is 5.32 Å². The second-order valence-corrected chi connectivity index (χ2v) is 3.64. The van der Waals surface area contributed by atoms with E-state index in [0.29, 0.717) is 6.61 Å². The Bertz CT molecular complexity index is 204. The third kappa shape index (κ3) is 1.22. The van der Waals surface area contributed by atoms with Crippen LogP contribution < -0.4 is 5.32 Å².